The minimum atomic E-state index is -1.08. The number of amides is 3. The van der Waals surface area contributed by atoms with Crippen LogP contribution in [-0.4, -0.2) is 74.5 Å². The highest BCUT2D eigenvalue weighted by Gasteiger charge is 2.40. The molecule has 11 heteroatoms. The van der Waals surface area contributed by atoms with Crippen LogP contribution in [0.2, 0.25) is 0 Å². The van der Waals surface area contributed by atoms with Crippen molar-refractivity contribution in [3.05, 3.63) is 65.9 Å². The van der Waals surface area contributed by atoms with E-state index in [0.29, 0.717) is 31.4 Å². The van der Waals surface area contributed by atoms with Gasteiger partial charge in [0.15, 0.2) is 0 Å². The smallest absolute Gasteiger partial charge is 0.326 e. The van der Waals surface area contributed by atoms with E-state index < -0.39 is 47.9 Å². The number of rotatable bonds is 12. The number of nitrogens with one attached hydrogen (secondary N) is 3. The Hall–Kier alpha value is -4.38. The highest BCUT2D eigenvalue weighted by atomic mass is 16.4. The minimum Gasteiger partial charge on any atom is -0.508 e. The van der Waals surface area contributed by atoms with Crippen molar-refractivity contribution < 1.29 is 29.4 Å². The van der Waals surface area contributed by atoms with E-state index in [-0.39, 0.29) is 24.5 Å². The number of phenolic OH excluding ortho intramolecular Hbond substituents is 1. The van der Waals surface area contributed by atoms with Gasteiger partial charge in [0.05, 0.1) is 6.04 Å². The van der Waals surface area contributed by atoms with E-state index in [1.54, 1.807) is 12.1 Å². The van der Waals surface area contributed by atoms with Crippen molar-refractivity contribution in [2.45, 2.75) is 70.1 Å². The molecule has 3 amide bonds. The number of nitrogens with zero attached hydrogens (tertiary/aromatic N) is 1. The molecule has 2 heterocycles. The molecule has 1 aromatic heterocycles. The Morgan fingerprint density at radius 2 is 1.76 bits per heavy atom. The van der Waals surface area contributed by atoms with Gasteiger partial charge in [0, 0.05) is 30.1 Å². The van der Waals surface area contributed by atoms with Crippen LogP contribution in [-0.2, 0) is 32.0 Å². The maximum atomic E-state index is 13.7. The van der Waals surface area contributed by atoms with Gasteiger partial charge >= 0.3 is 5.97 Å². The number of aromatic nitrogens is 1. The van der Waals surface area contributed by atoms with E-state index in [9.17, 15) is 29.4 Å². The van der Waals surface area contributed by atoms with Crippen molar-refractivity contribution in [3.63, 3.8) is 0 Å². The molecular weight excluding hydrogens is 538 g/mol. The molecule has 3 aromatic rings. The molecule has 0 radical (unpaired) electrons. The predicted octanol–water partition coefficient (Wildman–Crippen LogP) is 2.08. The average Bonchev–Trinajstić information content (AvgIpc) is 3.64. The lowest BCUT2D eigenvalue weighted by atomic mass is 9.96. The second-order valence-electron chi connectivity index (χ2n) is 11.0. The van der Waals surface area contributed by atoms with Gasteiger partial charge < -0.3 is 36.5 Å². The van der Waals surface area contributed by atoms with E-state index in [0.717, 1.165) is 16.5 Å². The Labute approximate surface area is 244 Å². The quantitative estimate of drug-likeness (QED) is 0.191. The van der Waals surface area contributed by atoms with Crippen LogP contribution in [0.5, 0.6) is 5.75 Å². The van der Waals surface area contributed by atoms with E-state index >= 15 is 0 Å². The second kappa shape index (κ2) is 13.5. The number of fused-ring (bicyclic) bond motifs is 1. The number of H-pyrrole nitrogens is 1. The van der Waals surface area contributed by atoms with Crippen LogP contribution >= 0.6 is 0 Å². The summed E-state index contributed by atoms with van der Waals surface area (Å²) >= 11 is 0. The summed E-state index contributed by atoms with van der Waals surface area (Å²) in [5.74, 6) is -2.86. The first-order valence-corrected chi connectivity index (χ1v) is 14.3. The first kappa shape index (κ1) is 30.6. The summed E-state index contributed by atoms with van der Waals surface area (Å²) in [7, 11) is 0. The molecule has 224 valence electrons. The number of para-hydroxylation sites is 1. The number of carbonyl (C=O) groups excluding carboxylic acids is 3. The first-order chi connectivity index (χ1) is 20.1. The molecule has 1 fully saturated rings. The van der Waals surface area contributed by atoms with Crippen molar-refractivity contribution in [1.82, 2.24) is 20.5 Å². The predicted molar refractivity (Wildman–Crippen MR) is 157 cm³/mol. The molecule has 11 nitrogen and oxygen atoms in total. The fourth-order valence-electron chi connectivity index (χ4n) is 5.39. The summed E-state index contributed by atoms with van der Waals surface area (Å²) in [6.07, 6.45) is 3.62. The van der Waals surface area contributed by atoms with Crippen LogP contribution in [0.25, 0.3) is 10.9 Å². The second-order valence-corrected chi connectivity index (χ2v) is 11.0. The van der Waals surface area contributed by atoms with Gasteiger partial charge in [-0.3, -0.25) is 14.4 Å². The van der Waals surface area contributed by atoms with Crippen LogP contribution in [0, 0.1) is 5.92 Å². The van der Waals surface area contributed by atoms with Gasteiger partial charge in [0.1, 0.15) is 23.9 Å². The van der Waals surface area contributed by atoms with Crippen LogP contribution in [0.4, 0.5) is 0 Å². The molecule has 1 saturated heterocycles. The molecule has 4 rings (SSSR count). The number of hydrogen-bond acceptors (Lipinski definition) is 6. The molecule has 1 aliphatic rings. The highest BCUT2D eigenvalue weighted by Crippen LogP contribution is 2.22. The number of phenols is 1. The molecule has 1 aliphatic heterocycles. The van der Waals surface area contributed by atoms with Crippen molar-refractivity contribution in [1.29, 1.82) is 0 Å². The summed E-state index contributed by atoms with van der Waals surface area (Å²) in [5, 5.41) is 25.8. The topological polar surface area (TPSA) is 178 Å². The molecule has 0 saturated carbocycles. The summed E-state index contributed by atoms with van der Waals surface area (Å²) in [6.45, 7) is 4.00. The van der Waals surface area contributed by atoms with Crippen LogP contribution in [0.15, 0.2) is 54.7 Å². The third kappa shape index (κ3) is 7.09. The lowest BCUT2D eigenvalue weighted by Gasteiger charge is -2.31. The van der Waals surface area contributed by atoms with Crippen LogP contribution in [0.1, 0.15) is 44.2 Å². The fraction of sp³-hybridized carbons (Fsp3) is 0.419. The monoisotopic (exact) mass is 577 g/mol. The SMILES string of the molecule is CCC(C)C(NC(=O)C(Cc1ccc(O)cc1)NC(=O)C(N)Cc1c[nH]c2ccccc12)C(=O)N1CCCC1C(=O)O. The number of aromatic amines is 1. The number of likely N-dealkylation sites (tertiary alicyclic amines) is 1. The lowest BCUT2D eigenvalue weighted by Crippen LogP contribution is -2.59. The van der Waals surface area contributed by atoms with Crippen molar-refractivity contribution >= 4 is 34.6 Å². The summed E-state index contributed by atoms with van der Waals surface area (Å²) < 4.78 is 0. The standard InChI is InChI=1S/C31H39N5O6/c1-3-18(2)27(30(40)36-14-6-9-26(36)31(41)42)35-29(39)25(15-19-10-12-21(37)13-11-19)34-28(38)23(32)16-20-17-33-24-8-5-4-7-22(20)24/h4-5,7-8,10-13,17-18,23,25-27,33,37H,3,6,9,14-16,32H2,1-2H3,(H,34,38)(H,35,39)(H,41,42). The Morgan fingerprint density at radius 3 is 2.45 bits per heavy atom. The number of aromatic hydroxyl groups is 1. The van der Waals surface area contributed by atoms with Gasteiger partial charge in [0.2, 0.25) is 17.7 Å². The zero-order valence-electron chi connectivity index (χ0n) is 23.9. The summed E-state index contributed by atoms with van der Waals surface area (Å²) in [5.41, 5.74) is 8.77. The summed E-state index contributed by atoms with van der Waals surface area (Å²) in [6, 6.07) is 10.0. The number of aliphatic carboxylic acids is 1. The highest BCUT2D eigenvalue weighted by molar-refractivity contribution is 5.95. The summed E-state index contributed by atoms with van der Waals surface area (Å²) in [4.78, 5) is 56.8. The minimum absolute atomic E-state index is 0.0607. The van der Waals surface area contributed by atoms with E-state index in [4.69, 9.17) is 5.73 Å². The Kier molecular flexibility index (Phi) is 9.84. The van der Waals surface area contributed by atoms with E-state index in [1.165, 1.54) is 17.0 Å². The molecular formula is C31H39N5O6. The van der Waals surface area contributed by atoms with Crippen LogP contribution in [0.3, 0.4) is 0 Å². The zero-order chi connectivity index (χ0) is 30.4. The van der Waals surface area contributed by atoms with Gasteiger partial charge in [-0.25, -0.2) is 4.79 Å². The lowest BCUT2D eigenvalue weighted by molar-refractivity contribution is -0.150. The van der Waals surface area contributed by atoms with E-state index in [1.807, 2.05) is 44.3 Å². The van der Waals surface area contributed by atoms with Gasteiger partial charge in [-0.05, 0) is 54.5 Å². The molecule has 2 aromatic carbocycles. The number of carboxylic acid groups (broad SMARTS) is 1. The van der Waals surface area contributed by atoms with Crippen LogP contribution < -0.4 is 16.4 Å². The third-order valence-electron chi connectivity index (χ3n) is 8.06. The molecule has 5 atom stereocenters. The van der Waals surface area contributed by atoms with Crippen molar-refractivity contribution in [2.75, 3.05) is 6.54 Å². The van der Waals surface area contributed by atoms with Gasteiger partial charge in [0.25, 0.3) is 0 Å². The van der Waals surface area contributed by atoms with Gasteiger partial charge in [-0.2, -0.15) is 0 Å². The molecule has 0 bridgehead atoms. The largest absolute Gasteiger partial charge is 0.508 e. The number of hydrogen-bond donors (Lipinski definition) is 6. The fourth-order valence-corrected chi connectivity index (χ4v) is 5.39. The number of benzene rings is 2. The molecule has 5 unspecified atom stereocenters. The Balaban J connectivity index is 1.53. The number of carbonyl (C=O) groups is 4. The normalized spacial score (nSPS) is 17.8. The Bertz CT molecular complexity index is 1420. The first-order valence-electron chi connectivity index (χ1n) is 14.3. The molecule has 7 N–H and O–H groups in total. The van der Waals surface area contributed by atoms with E-state index in [2.05, 4.69) is 15.6 Å². The molecule has 42 heavy (non-hydrogen) atoms. The van der Waals surface area contributed by atoms with Gasteiger partial charge in [-0.1, -0.05) is 50.6 Å². The Morgan fingerprint density at radius 1 is 1.05 bits per heavy atom. The maximum Gasteiger partial charge on any atom is 0.326 e. The maximum absolute atomic E-state index is 13.7. The van der Waals surface area contributed by atoms with Crippen molar-refractivity contribution in [2.24, 2.45) is 11.7 Å². The van der Waals surface area contributed by atoms with Gasteiger partial charge in [-0.15, -0.1) is 0 Å². The average molecular weight is 578 g/mol. The van der Waals surface area contributed by atoms with Crippen molar-refractivity contribution in [3.8, 4) is 5.75 Å². The third-order valence-corrected chi connectivity index (χ3v) is 8.06. The zero-order valence-corrected chi connectivity index (χ0v) is 23.9. The molecule has 0 spiro atoms. The molecule has 0 aliphatic carbocycles. The number of carboxylic acids is 1. The number of nitrogens with two attached hydrogens (primary N) is 1.